The number of carbonyl (C=O) groups is 1. The Morgan fingerprint density at radius 1 is 1.32 bits per heavy atom. The molecule has 0 aliphatic carbocycles. The maximum absolute atomic E-state index is 12.0. The van der Waals surface area contributed by atoms with Crippen molar-refractivity contribution in [2.24, 2.45) is 0 Å². The van der Waals surface area contributed by atoms with E-state index in [1.165, 1.54) is 11.8 Å². The van der Waals surface area contributed by atoms with Crippen molar-refractivity contribution in [2.75, 3.05) is 6.54 Å². The van der Waals surface area contributed by atoms with Crippen molar-refractivity contribution in [3.8, 4) is 0 Å². The van der Waals surface area contributed by atoms with Crippen molar-refractivity contribution >= 4 is 5.91 Å². The second kappa shape index (κ2) is 7.54. The Labute approximate surface area is 129 Å². The van der Waals surface area contributed by atoms with E-state index in [-0.39, 0.29) is 11.6 Å². The van der Waals surface area contributed by atoms with Crippen molar-refractivity contribution in [2.45, 2.75) is 32.6 Å². The van der Waals surface area contributed by atoms with E-state index < -0.39 is 0 Å². The Bertz CT molecular complexity index is 672. The van der Waals surface area contributed by atoms with Crippen LogP contribution >= 0.6 is 0 Å². The van der Waals surface area contributed by atoms with Crippen LogP contribution in [0.4, 0.5) is 0 Å². The highest BCUT2D eigenvalue weighted by Crippen LogP contribution is 2.19. The first-order valence-electron chi connectivity index (χ1n) is 7.44. The number of hydrogen-bond acceptors (Lipinski definition) is 3. The van der Waals surface area contributed by atoms with Gasteiger partial charge in [0.25, 0.3) is 0 Å². The van der Waals surface area contributed by atoms with Gasteiger partial charge in [-0.1, -0.05) is 38.1 Å². The highest BCUT2D eigenvalue weighted by atomic mass is 16.1. The van der Waals surface area contributed by atoms with Gasteiger partial charge in [-0.25, -0.2) is 9.78 Å². The van der Waals surface area contributed by atoms with Crippen LogP contribution in [0.2, 0.25) is 0 Å². The number of aromatic amines is 1. The summed E-state index contributed by atoms with van der Waals surface area (Å²) < 4.78 is 0. The van der Waals surface area contributed by atoms with Crippen LogP contribution in [-0.2, 0) is 17.6 Å². The van der Waals surface area contributed by atoms with Crippen LogP contribution in [-0.4, -0.2) is 22.4 Å². The predicted molar refractivity (Wildman–Crippen MR) is 85.8 cm³/mol. The fraction of sp³-hybridized carbons (Fsp3) is 0.353. The van der Waals surface area contributed by atoms with Crippen molar-refractivity contribution < 1.29 is 4.79 Å². The molecule has 1 heterocycles. The van der Waals surface area contributed by atoms with E-state index in [1.807, 2.05) is 18.2 Å². The molecule has 0 spiro atoms. The van der Waals surface area contributed by atoms with E-state index in [0.717, 1.165) is 11.1 Å². The summed E-state index contributed by atoms with van der Waals surface area (Å²) in [6.45, 7) is 4.77. The third-order valence-corrected chi connectivity index (χ3v) is 3.49. The standard InChI is InChI=1S/C17H21N3O2/c1-12(2)15-6-4-3-5-14(15)9-16(21)18-8-7-13-10-19-17(22)20-11-13/h3-6,10-12H,7-9H2,1-2H3,(H,18,21)(H,19,20,22). The molecule has 0 saturated carbocycles. The molecule has 5 heteroatoms. The van der Waals surface area contributed by atoms with Gasteiger partial charge in [0, 0.05) is 18.9 Å². The van der Waals surface area contributed by atoms with Crippen LogP contribution in [0, 0.1) is 0 Å². The third kappa shape index (κ3) is 4.55. The zero-order chi connectivity index (χ0) is 15.9. The number of nitrogens with zero attached hydrogens (tertiary/aromatic N) is 1. The number of carbonyl (C=O) groups excluding carboxylic acids is 1. The summed E-state index contributed by atoms with van der Waals surface area (Å²) in [6, 6.07) is 8.03. The predicted octanol–water partition coefficient (Wildman–Crippen LogP) is 1.79. The van der Waals surface area contributed by atoms with E-state index >= 15 is 0 Å². The van der Waals surface area contributed by atoms with Gasteiger partial charge in [-0.15, -0.1) is 0 Å². The molecule has 0 atom stereocenters. The molecular weight excluding hydrogens is 278 g/mol. The van der Waals surface area contributed by atoms with Crippen LogP contribution in [0.25, 0.3) is 0 Å². The first-order valence-corrected chi connectivity index (χ1v) is 7.44. The Kier molecular flexibility index (Phi) is 5.47. The van der Waals surface area contributed by atoms with Gasteiger partial charge >= 0.3 is 5.69 Å². The van der Waals surface area contributed by atoms with Crippen LogP contribution in [0.3, 0.4) is 0 Å². The van der Waals surface area contributed by atoms with Crippen molar-refractivity contribution in [3.63, 3.8) is 0 Å². The fourth-order valence-corrected chi connectivity index (χ4v) is 2.35. The maximum Gasteiger partial charge on any atom is 0.344 e. The maximum atomic E-state index is 12.0. The first-order chi connectivity index (χ1) is 10.6. The second-order valence-corrected chi connectivity index (χ2v) is 5.56. The number of hydrogen-bond donors (Lipinski definition) is 2. The van der Waals surface area contributed by atoms with E-state index in [1.54, 1.807) is 6.20 Å². The van der Waals surface area contributed by atoms with Gasteiger partial charge in [-0.3, -0.25) is 4.79 Å². The average Bonchev–Trinajstić information content (AvgIpc) is 2.49. The normalized spacial score (nSPS) is 10.7. The van der Waals surface area contributed by atoms with Gasteiger partial charge in [0.15, 0.2) is 0 Å². The molecule has 0 unspecified atom stereocenters. The Morgan fingerprint density at radius 2 is 2.09 bits per heavy atom. The smallest absolute Gasteiger partial charge is 0.344 e. The largest absolute Gasteiger partial charge is 0.355 e. The van der Waals surface area contributed by atoms with Gasteiger partial charge in [0.1, 0.15) is 0 Å². The number of benzene rings is 1. The van der Waals surface area contributed by atoms with Gasteiger partial charge in [0.05, 0.1) is 6.42 Å². The van der Waals surface area contributed by atoms with Crippen molar-refractivity contribution in [3.05, 3.63) is 63.8 Å². The molecule has 1 aromatic heterocycles. The SMILES string of the molecule is CC(C)c1ccccc1CC(=O)NCCc1cnc(=O)[nH]c1. The molecule has 22 heavy (non-hydrogen) atoms. The zero-order valence-electron chi connectivity index (χ0n) is 12.9. The molecule has 0 bridgehead atoms. The van der Waals surface area contributed by atoms with Crippen LogP contribution < -0.4 is 11.0 Å². The molecule has 2 N–H and O–H groups in total. The lowest BCUT2D eigenvalue weighted by atomic mass is 9.95. The minimum Gasteiger partial charge on any atom is -0.355 e. The molecular formula is C17H21N3O2. The third-order valence-electron chi connectivity index (χ3n) is 3.49. The van der Waals surface area contributed by atoms with E-state index in [2.05, 4.69) is 35.2 Å². The minimum absolute atomic E-state index is 0.00508. The summed E-state index contributed by atoms with van der Waals surface area (Å²) in [5, 5.41) is 2.90. The highest BCUT2D eigenvalue weighted by Gasteiger charge is 2.09. The molecule has 0 saturated heterocycles. The average molecular weight is 299 g/mol. The van der Waals surface area contributed by atoms with E-state index in [0.29, 0.717) is 25.3 Å². The molecule has 1 aromatic carbocycles. The summed E-state index contributed by atoms with van der Waals surface area (Å²) in [5.74, 6) is 0.404. The Morgan fingerprint density at radius 3 is 2.77 bits per heavy atom. The summed E-state index contributed by atoms with van der Waals surface area (Å²) in [6.07, 6.45) is 4.17. The van der Waals surface area contributed by atoms with Crippen molar-refractivity contribution in [1.29, 1.82) is 0 Å². The van der Waals surface area contributed by atoms with E-state index in [9.17, 15) is 9.59 Å². The van der Waals surface area contributed by atoms with Crippen LogP contribution in [0.15, 0.2) is 41.5 Å². The van der Waals surface area contributed by atoms with E-state index in [4.69, 9.17) is 0 Å². The zero-order valence-corrected chi connectivity index (χ0v) is 12.9. The topological polar surface area (TPSA) is 74.8 Å². The molecule has 2 rings (SSSR count). The van der Waals surface area contributed by atoms with Gasteiger partial charge < -0.3 is 10.3 Å². The lowest BCUT2D eigenvalue weighted by molar-refractivity contribution is -0.120. The van der Waals surface area contributed by atoms with Crippen LogP contribution in [0.5, 0.6) is 0 Å². The summed E-state index contributed by atoms with van der Waals surface area (Å²) >= 11 is 0. The monoisotopic (exact) mass is 299 g/mol. The van der Waals surface area contributed by atoms with Crippen molar-refractivity contribution in [1.82, 2.24) is 15.3 Å². The number of H-pyrrole nitrogens is 1. The number of nitrogens with one attached hydrogen (secondary N) is 2. The quantitative estimate of drug-likeness (QED) is 0.854. The molecule has 2 aromatic rings. The molecule has 0 radical (unpaired) electrons. The summed E-state index contributed by atoms with van der Waals surface area (Å²) in [4.78, 5) is 29.1. The molecule has 1 amide bonds. The summed E-state index contributed by atoms with van der Waals surface area (Å²) in [7, 11) is 0. The number of amides is 1. The van der Waals surface area contributed by atoms with Gasteiger partial charge in [-0.2, -0.15) is 0 Å². The second-order valence-electron chi connectivity index (χ2n) is 5.56. The minimum atomic E-state index is -0.363. The molecule has 0 aliphatic heterocycles. The molecule has 0 fully saturated rings. The number of aromatic nitrogens is 2. The van der Waals surface area contributed by atoms with Crippen LogP contribution in [0.1, 0.15) is 36.5 Å². The lowest BCUT2D eigenvalue weighted by Crippen LogP contribution is -2.27. The van der Waals surface area contributed by atoms with Gasteiger partial charge in [0.2, 0.25) is 5.91 Å². The molecule has 0 aliphatic rings. The molecule has 5 nitrogen and oxygen atoms in total. The Balaban J connectivity index is 1.86. The lowest BCUT2D eigenvalue weighted by Gasteiger charge is -2.12. The van der Waals surface area contributed by atoms with Gasteiger partial charge in [-0.05, 0) is 29.0 Å². The molecule has 116 valence electrons. The summed E-state index contributed by atoms with van der Waals surface area (Å²) in [5.41, 5.74) is 2.81. The highest BCUT2D eigenvalue weighted by molar-refractivity contribution is 5.79. The number of rotatable bonds is 6. The fourth-order valence-electron chi connectivity index (χ4n) is 2.35. The Hall–Kier alpha value is -2.43. The first kappa shape index (κ1) is 15.9.